The number of hydrogen-bond donors (Lipinski definition) is 1. The van der Waals surface area contributed by atoms with Crippen molar-refractivity contribution in [1.29, 1.82) is 0 Å². The Morgan fingerprint density at radius 2 is 1.60 bits per heavy atom. The molecule has 8 heteroatoms. The third-order valence-electron chi connectivity index (χ3n) is 6.30. The molecule has 0 unspecified atom stereocenters. The lowest BCUT2D eigenvalue weighted by atomic mass is 10.1. The number of carbonyl (C=O) groups is 2. The topological polar surface area (TPSA) is 86.8 Å². The first-order valence-corrected chi connectivity index (χ1v) is 13.1. The molecule has 0 saturated heterocycles. The van der Waals surface area contributed by atoms with Crippen LogP contribution in [0.3, 0.4) is 0 Å². The highest BCUT2D eigenvalue weighted by molar-refractivity contribution is 7.89. The van der Waals surface area contributed by atoms with E-state index in [1.807, 2.05) is 24.3 Å². The molecule has 0 aromatic heterocycles. The van der Waals surface area contributed by atoms with Crippen LogP contribution in [0.15, 0.2) is 71.6 Å². The second-order valence-corrected chi connectivity index (χ2v) is 10.3. The summed E-state index contributed by atoms with van der Waals surface area (Å²) < 4.78 is 27.4. The number of anilines is 2. The molecule has 0 atom stereocenters. The van der Waals surface area contributed by atoms with E-state index >= 15 is 0 Å². The van der Waals surface area contributed by atoms with E-state index in [-0.39, 0.29) is 16.4 Å². The van der Waals surface area contributed by atoms with E-state index < -0.39 is 15.9 Å². The smallest absolute Gasteiger partial charge is 0.258 e. The van der Waals surface area contributed by atoms with E-state index in [0.29, 0.717) is 36.4 Å². The van der Waals surface area contributed by atoms with Crippen molar-refractivity contribution in [2.45, 2.75) is 32.1 Å². The van der Waals surface area contributed by atoms with Gasteiger partial charge >= 0.3 is 0 Å². The molecule has 1 aliphatic rings. The maximum Gasteiger partial charge on any atom is 0.258 e. The normalized spacial score (nSPS) is 13.1. The number of sulfonamides is 1. The third kappa shape index (κ3) is 4.85. The van der Waals surface area contributed by atoms with Gasteiger partial charge in [0.2, 0.25) is 10.0 Å². The number of fused-ring (bicyclic) bond motifs is 1. The van der Waals surface area contributed by atoms with Crippen molar-refractivity contribution in [1.82, 2.24) is 4.31 Å². The largest absolute Gasteiger partial charge is 0.322 e. The van der Waals surface area contributed by atoms with Crippen molar-refractivity contribution in [2.24, 2.45) is 0 Å². The number of aryl methyl sites for hydroxylation is 1. The van der Waals surface area contributed by atoms with Crippen LogP contribution in [0.4, 0.5) is 11.4 Å². The minimum Gasteiger partial charge on any atom is -0.322 e. The van der Waals surface area contributed by atoms with Crippen LogP contribution in [0.1, 0.15) is 45.7 Å². The minimum atomic E-state index is -3.69. The number of nitrogens with zero attached hydrogens (tertiary/aromatic N) is 2. The van der Waals surface area contributed by atoms with E-state index in [0.717, 1.165) is 17.7 Å². The van der Waals surface area contributed by atoms with Gasteiger partial charge in [0.1, 0.15) is 0 Å². The lowest BCUT2D eigenvalue weighted by molar-refractivity contribution is 0.0988. The molecule has 7 nitrogen and oxygen atoms in total. The van der Waals surface area contributed by atoms with E-state index in [1.165, 1.54) is 10.4 Å². The molecule has 1 heterocycles. The summed E-state index contributed by atoms with van der Waals surface area (Å²) in [6, 6.07) is 19.3. The fourth-order valence-corrected chi connectivity index (χ4v) is 6.04. The van der Waals surface area contributed by atoms with Crippen molar-refractivity contribution in [3.63, 3.8) is 0 Å². The Labute approximate surface area is 206 Å². The zero-order valence-corrected chi connectivity index (χ0v) is 20.9. The summed E-state index contributed by atoms with van der Waals surface area (Å²) >= 11 is 0. The zero-order chi connectivity index (χ0) is 25.2. The molecule has 2 amide bonds. The number of hydrogen-bond acceptors (Lipinski definition) is 4. The van der Waals surface area contributed by atoms with Crippen molar-refractivity contribution >= 4 is 33.2 Å². The molecular formula is C27H29N3O4S. The van der Waals surface area contributed by atoms with Gasteiger partial charge in [0.05, 0.1) is 4.90 Å². The summed E-state index contributed by atoms with van der Waals surface area (Å²) in [4.78, 5) is 27.8. The van der Waals surface area contributed by atoms with Crippen LogP contribution >= 0.6 is 0 Å². The van der Waals surface area contributed by atoms with Gasteiger partial charge in [-0.3, -0.25) is 9.59 Å². The van der Waals surface area contributed by atoms with Crippen LogP contribution in [0.25, 0.3) is 0 Å². The number of carbonyl (C=O) groups excluding carboxylic acids is 2. The first kappa shape index (κ1) is 24.6. The molecule has 182 valence electrons. The van der Waals surface area contributed by atoms with Crippen LogP contribution < -0.4 is 10.2 Å². The fourth-order valence-electron chi connectivity index (χ4n) is 4.33. The summed E-state index contributed by atoms with van der Waals surface area (Å²) in [5.41, 5.74) is 3.97. The van der Waals surface area contributed by atoms with Crippen molar-refractivity contribution < 1.29 is 18.0 Å². The SMILES string of the molecule is CCN(CC)S(=O)(=O)c1cc(C(=O)Nc2ccc(C(=O)N3CCc4ccccc43)cc2)ccc1C. The van der Waals surface area contributed by atoms with Crippen LogP contribution in [-0.2, 0) is 16.4 Å². The third-order valence-corrected chi connectivity index (χ3v) is 8.49. The fraction of sp³-hybridized carbons (Fsp3) is 0.259. The Bertz CT molecular complexity index is 1360. The lowest BCUT2D eigenvalue weighted by Gasteiger charge is -2.20. The molecule has 0 fully saturated rings. The standard InChI is InChI=1S/C27H29N3O4S/c1-4-29(5-2)35(33,34)25-18-22(11-10-19(25)3)26(31)28-23-14-12-21(13-15-23)27(32)30-17-16-20-8-6-7-9-24(20)30/h6-15,18H,4-5,16-17H2,1-3H3,(H,28,31). The predicted molar refractivity (Wildman–Crippen MR) is 138 cm³/mol. The van der Waals surface area contributed by atoms with E-state index in [2.05, 4.69) is 5.32 Å². The van der Waals surface area contributed by atoms with E-state index in [1.54, 1.807) is 62.1 Å². The summed E-state index contributed by atoms with van der Waals surface area (Å²) in [6.45, 7) is 6.62. The molecule has 3 aromatic rings. The van der Waals surface area contributed by atoms with Crippen molar-refractivity contribution in [2.75, 3.05) is 29.9 Å². The second-order valence-electron chi connectivity index (χ2n) is 8.44. The van der Waals surface area contributed by atoms with Gasteiger partial charge in [-0.05, 0) is 66.9 Å². The molecule has 0 spiro atoms. The van der Waals surface area contributed by atoms with Gasteiger partial charge in [0.15, 0.2) is 0 Å². The number of benzene rings is 3. The molecule has 0 bridgehead atoms. The summed E-state index contributed by atoms with van der Waals surface area (Å²) in [5, 5.41) is 2.79. The van der Waals surface area contributed by atoms with Crippen molar-refractivity contribution in [3.05, 3.63) is 89.0 Å². The van der Waals surface area contributed by atoms with Crippen LogP contribution in [0, 0.1) is 6.92 Å². The maximum absolute atomic E-state index is 13.0. The number of rotatable bonds is 7. The van der Waals surface area contributed by atoms with Gasteiger partial charge in [-0.25, -0.2) is 8.42 Å². The summed E-state index contributed by atoms with van der Waals surface area (Å²) in [5.74, 6) is -0.508. The predicted octanol–water partition coefficient (Wildman–Crippen LogP) is 4.48. The molecule has 4 rings (SSSR count). The Morgan fingerprint density at radius 3 is 2.29 bits per heavy atom. The number of amides is 2. The summed E-state index contributed by atoms with van der Waals surface area (Å²) in [6.07, 6.45) is 0.832. The van der Waals surface area contributed by atoms with Gasteiger partial charge in [0.25, 0.3) is 11.8 Å². The highest BCUT2D eigenvalue weighted by Crippen LogP contribution is 2.29. The first-order chi connectivity index (χ1) is 16.8. The van der Waals surface area contributed by atoms with Gasteiger partial charge in [-0.1, -0.05) is 38.1 Å². The monoisotopic (exact) mass is 491 g/mol. The average molecular weight is 492 g/mol. The van der Waals surface area contributed by atoms with Gasteiger partial charge in [-0.2, -0.15) is 4.31 Å². The van der Waals surface area contributed by atoms with Gasteiger partial charge in [-0.15, -0.1) is 0 Å². The molecule has 0 aliphatic carbocycles. The lowest BCUT2D eigenvalue weighted by Crippen LogP contribution is -2.31. The van der Waals surface area contributed by atoms with Crippen LogP contribution in [0.2, 0.25) is 0 Å². The molecular weight excluding hydrogens is 462 g/mol. The maximum atomic E-state index is 13.0. The molecule has 1 aliphatic heterocycles. The number of para-hydroxylation sites is 1. The Kier molecular flexibility index (Phi) is 7.05. The minimum absolute atomic E-state index is 0.0855. The molecule has 0 radical (unpaired) electrons. The van der Waals surface area contributed by atoms with E-state index in [4.69, 9.17) is 0 Å². The summed E-state index contributed by atoms with van der Waals surface area (Å²) in [7, 11) is -3.69. The van der Waals surface area contributed by atoms with Crippen LogP contribution in [0.5, 0.6) is 0 Å². The second kappa shape index (κ2) is 10.0. The van der Waals surface area contributed by atoms with Gasteiger partial charge in [0, 0.05) is 42.1 Å². The molecule has 1 N–H and O–H groups in total. The Morgan fingerprint density at radius 1 is 0.943 bits per heavy atom. The average Bonchev–Trinajstić information content (AvgIpc) is 3.29. The first-order valence-electron chi connectivity index (χ1n) is 11.7. The van der Waals surface area contributed by atoms with Crippen LogP contribution in [-0.4, -0.2) is 44.2 Å². The van der Waals surface area contributed by atoms with Crippen molar-refractivity contribution in [3.8, 4) is 0 Å². The highest BCUT2D eigenvalue weighted by Gasteiger charge is 2.26. The number of nitrogens with one attached hydrogen (secondary N) is 1. The molecule has 0 saturated carbocycles. The quantitative estimate of drug-likeness (QED) is 0.528. The zero-order valence-electron chi connectivity index (χ0n) is 20.1. The molecule has 35 heavy (non-hydrogen) atoms. The van der Waals surface area contributed by atoms with E-state index in [9.17, 15) is 18.0 Å². The Hall–Kier alpha value is -3.49. The molecule has 3 aromatic carbocycles. The highest BCUT2D eigenvalue weighted by atomic mass is 32.2. The Balaban J connectivity index is 1.50. The van der Waals surface area contributed by atoms with Gasteiger partial charge < -0.3 is 10.2 Å².